The highest BCUT2D eigenvalue weighted by Crippen LogP contribution is 2.09. The minimum atomic E-state index is -4.81. The monoisotopic (exact) mass is 352 g/mol. The molecule has 0 aliphatic rings. The Hall–Kier alpha value is -1.15. The van der Waals surface area contributed by atoms with Crippen LogP contribution in [0.25, 0.3) is 0 Å². The smallest absolute Gasteiger partial charge is 0.448 e. The largest absolute Gasteiger partial charge is 0.466 e. The van der Waals surface area contributed by atoms with Crippen molar-refractivity contribution in [1.82, 2.24) is 0 Å². The molecular weight excluding hydrogens is 324 g/mol. The maximum absolute atomic E-state index is 11.3. The Balaban J connectivity index is 3.42. The van der Waals surface area contributed by atoms with Gasteiger partial charge in [0, 0.05) is 0 Å². The summed E-state index contributed by atoms with van der Waals surface area (Å²) in [5.74, 6) is -1.77. The van der Waals surface area contributed by atoms with Crippen LogP contribution in [-0.2, 0) is 28.9 Å². The first kappa shape index (κ1) is 21.9. The summed E-state index contributed by atoms with van der Waals surface area (Å²) >= 11 is 0. The van der Waals surface area contributed by atoms with Gasteiger partial charge in [0.25, 0.3) is 0 Å². The second kappa shape index (κ2) is 13.3. The van der Waals surface area contributed by atoms with Crippen LogP contribution in [0.3, 0.4) is 0 Å². The van der Waals surface area contributed by atoms with Crippen LogP contribution in [0.15, 0.2) is 0 Å². The molecule has 8 heteroatoms. The van der Waals surface area contributed by atoms with E-state index in [1.807, 2.05) is 0 Å². The molecule has 0 saturated carbocycles. The van der Waals surface area contributed by atoms with Crippen LogP contribution in [0.5, 0.6) is 0 Å². The van der Waals surface area contributed by atoms with Crippen LogP contribution >= 0.6 is 0 Å². The molecule has 0 aromatic rings. The van der Waals surface area contributed by atoms with Crippen molar-refractivity contribution in [2.24, 2.45) is 0 Å². The van der Waals surface area contributed by atoms with Crippen LogP contribution in [0.4, 0.5) is 0 Å². The molecule has 0 unspecified atom stereocenters. The second-order valence-electron chi connectivity index (χ2n) is 5.43. The van der Waals surface area contributed by atoms with Crippen molar-refractivity contribution in [3.63, 3.8) is 0 Å². The minimum Gasteiger partial charge on any atom is -0.466 e. The van der Waals surface area contributed by atoms with Gasteiger partial charge < -0.3 is 8.92 Å². The second-order valence-corrected chi connectivity index (χ2v) is 6.45. The lowest BCUT2D eigenvalue weighted by molar-refractivity contribution is -0.147. The van der Waals surface area contributed by atoms with Crippen LogP contribution in [0.2, 0.25) is 0 Å². The summed E-state index contributed by atoms with van der Waals surface area (Å²) in [6, 6.07) is 0. The quantitative estimate of drug-likeness (QED) is 0.290. The lowest BCUT2D eigenvalue weighted by Gasteiger charge is -2.05. The van der Waals surface area contributed by atoms with Crippen molar-refractivity contribution in [2.45, 2.75) is 77.6 Å². The summed E-state index contributed by atoms with van der Waals surface area (Å²) in [6.45, 7) is 2.49. The third kappa shape index (κ3) is 17.0. The van der Waals surface area contributed by atoms with Gasteiger partial charge in [-0.1, -0.05) is 58.3 Å². The van der Waals surface area contributed by atoms with Gasteiger partial charge in [-0.15, -0.1) is 0 Å². The Morgan fingerprint density at radius 2 is 1.30 bits per heavy atom. The number of esters is 1. The van der Waals surface area contributed by atoms with Crippen molar-refractivity contribution >= 4 is 22.3 Å². The lowest BCUT2D eigenvalue weighted by atomic mass is 10.1. The normalized spacial score (nSPS) is 11.2. The zero-order valence-corrected chi connectivity index (χ0v) is 14.6. The molecule has 7 nitrogen and oxygen atoms in total. The van der Waals surface area contributed by atoms with Gasteiger partial charge in [-0.25, -0.2) is 0 Å². The molecule has 0 atom stereocenters. The van der Waals surface area contributed by atoms with E-state index in [2.05, 4.69) is 11.1 Å². The first-order chi connectivity index (χ1) is 10.8. The van der Waals surface area contributed by atoms with Crippen molar-refractivity contribution in [3.05, 3.63) is 0 Å². The molecule has 0 bridgehead atoms. The summed E-state index contributed by atoms with van der Waals surface area (Å²) < 4.78 is 37.4. The highest BCUT2D eigenvalue weighted by molar-refractivity contribution is 7.81. The van der Waals surface area contributed by atoms with E-state index in [4.69, 9.17) is 9.29 Å². The maximum atomic E-state index is 11.3. The summed E-state index contributed by atoms with van der Waals surface area (Å²) in [7, 11) is -4.81. The third-order valence-corrected chi connectivity index (χ3v) is 3.64. The molecular formula is C15H28O7S. The van der Waals surface area contributed by atoms with E-state index in [1.165, 1.54) is 38.5 Å². The average molecular weight is 352 g/mol. The third-order valence-electron chi connectivity index (χ3n) is 3.24. The molecule has 0 amide bonds. The van der Waals surface area contributed by atoms with Crippen LogP contribution in [0, 0.1) is 0 Å². The van der Waals surface area contributed by atoms with Crippen molar-refractivity contribution < 1.29 is 31.5 Å². The molecule has 0 aromatic carbocycles. The molecule has 1 N–H and O–H groups in total. The molecule has 0 rings (SSSR count). The van der Waals surface area contributed by atoms with Gasteiger partial charge in [-0.05, 0) is 6.42 Å². The number of hydrogen-bond acceptors (Lipinski definition) is 6. The Morgan fingerprint density at radius 1 is 0.826 bits per heavy atom. The molecule has 0 aliphatic heterocycles. The number of hydrogen-bond donors (Lipinski definition) is 1. The average Bonchev–Trinajstić information content (AvgIpc) is 2.45. The van der Waals surface area contributed by atoms with Gasteiger partial charge in [0.15, 0.2) is 0 Å². The Morgan fingerprint density at radius 3 is 1.83 bits per heavy atom. The minimum absolute atomic E-state index is 0.272. The van der Waals surface area contributed by atoms with E-state index in [0.29, 0.717) is 6.61 Å². The van der Waals surface area contributed by atoms with Gasteiger partial charge in [0.1, 0.15) is 0 Å². The van der Waals surface area contributed by atoms with E-state index in [0.717, 1.165) is 19.3 Å². The fourth-order valence-corrected chi connectivity index (χ4v) is 2.35. The van der Waals surface area contributed by atoms with Crippen LogP contribution < -0.4 is 0 Å². The molecule has 0 radical (unpaired) electrons. The number of carbonyl (C=O) groups is 2. The first-order valence-corrected chi connectivity index (χ1v) is 9.57. The summed E-state index contributed by atoms with van der Waals surface area (Å²) in [6.07, 6.45) is 9.73. The molecule has 136 valence electrons. The topological polar surface area (TPSA) is 107 Å². The number of carbonyl (C=O) groups excluding carboxylic acids is 2. The molecule has 0 saturated heterocycles. The molecule has 0 aromatic heterocycles. The molecule has 23 heavy (non-hydrogen) atoms. The maximum Gasteiger partial charge on any atom is 0.448 e. The predicted molar refractivity (Wildman–Crippen MR) is 85.1 cm³/mol. The highest BCUT2D eigenvalue weighted by Gasteiger charge is 2.15. The fourth-order valence-electron chi connectivity index (χ4n) is 2.03. The van der Waals surface area contributed by atoms with E-state index < -0.39 is 28.8 Å². The van der Waals surface area contributed by atoms with Crippen molar-refractivity contribution in [1.29, 1.82) is 0 Å². The Labute approximate surface area is 138 Å². The van der Waals surface area contributed by atoms with E-state index >= 15 is 0 Å². The molecule has 0 fully saturated rings. The van der Waals surface area contributed by atoms with Crippen LogP contribution in [0.1, 0.15) is 77.6 Å². The molecule has 0 aliphatic carbocycles. The SMILES string of the molecule is CCCCCCCCCCCOC(=O)CCC(=O)OS(=O)(=O)O. The highest BCUT2D eigenvalue weighted by atomic mass is 32.3. The zero-order chi connectivity index (χ0) is 17.6. The van der Waals surface area contributed by atoms with E-state index in [-0.39, 0.29) is 6.42 Å². The fraction of sp³-hybridized carbons (Fsp3) is 0.867. The van der Waals surface area contributed by atoms with Gasteiger partial charge in [0.05, 0.1) is 19.4 Å². The van der Waals surface area contributed by atoms with E-state index in [1.54, 1.807) is 0 Å². The predicted octanol–water partition coefficient (Wildman–Crippen LogP) is 3.19. The van der Waals surface area contributed by atoms with Gasteiger partial charge in [-0.3, -0.25) is 14.1 Å². The standard InChI is InChI=1S/C15H28O7S/c1-2-3-4-5-6-7-8-9-10-13-21-14(16)11-12-15(17)22-23(18,19)20/h2-13H2,1H3,(H,18,19,20). The number of ether oxygens (including phenoxy) is 1. The molecule has 0 spiro atoms. The summed E-state index contributed by atoms with van der Waals surface area (Å²) in [4.78, 5) is 22.2. The Kier molecular flexibility index (Phi) is 12.6. The van der Waals surface area contributed by atoms with Gasteiger partial charge >= 0.3 is 22.3 Å². The zero-order valence-electron chi connectivity index (χ0n) is 13.8. The summed E-state index contributed by atoms with van der Waals surface area (Å²) in [5.41, 5.74) is 0. The lowest BCUT2D eigenvalue weighted by Crippen LogP contribution is -2.14. The Bertz CT molecular complexity index is 431. The van der Waals surface area contributed by atoms with Crippen molar-refractivity contribution in [2.75, 3.05) is 6.61 Å². The van der Waals surface area contributed by atoms with Crippen LogP contribution in [-0.4, -0.2) is 31.5 Å². The van der Waals surface area contributed by atoms with Gasteiger partial charge in [-0.2, -0.15) is 8.42 Å². The number of rotatable bonds is 14. The van der Waals surface area contributed by atoms with E-state index in [9.17, 15) is 18.0 Å². The first-order valence-electron chi connectivity index (χ1n) is 8.20. The molecule has 0 heterocycles. The van der Waals surface area contributed by atoms with Gasteiger partial charge in [0.2, 0.25) is 0 Å². The number of unbranched alkanes of at least 4 members (excludes halogenated alkanes) is 8. The van der Waals surface area contributed by atoms with Crippen molar-refractivity contribution in [3.8, 4) is 0 Å². The summed E-state index contributed by atoms with van der Waals surface area (Å²) in [5, 5.41) is 0.